The third-order valence-electron chi connectivity index (χ3n) is 2.86. The van der Waals surface area contributed by atoms with E-state index in [9.17, 15) is 4.79 Å². The Kier molecular flexibility index (Phi) is 5.39. The summed E-state index contributed by atoms with van der Waals surface area (Å²) in [5.74, 6) is -0.0936. The second kappa shape index (κ2) is 7.27. The number of benzene rings is 1. The molecule has 0 atom stereocenters. The van der Waals surface area contributed by atoms with Gasteiger partial charge < -0.3 is 5.32 Å². The van der Waals surface area contributed by atoms with E-state index in [-0.39, 0.29) is 12.3 Å². The number of hydrogen-bond donors (Lipinski definition) is 1. The Bertz CT molecular complexity index is 567. The molecule has 0 saturated carbocycles. The minimum Gasteiger partial charge on any atom is -0.355 e. The van der Waals surface area contributed by atoms with Gasteiger partial charge in [0.05, 0.1) is 6.42 Å². The van der Waals surface area contributed by atoms with Crippen LogP contribution in [0.1, 0.15) is 11.1 Å². The second-order valence-corrected chi connectivity index (χ2v) is 5.15. The van der Waals surface area contributed by atoms with Crippen molar-refractivity contribution in [2.45, 2.75) is 12.8 Å². The van der Waals surface area contributed by atoms with Crippen molar-refractivity contribution >= 4 is 29.1 Å². The third-order valence-corrected chi connectivity index (χ3v) is 3.57. The van der Waals surface area contributed by atoms with Crippen LogP contribution >= 0.6 is 23.2 Å². The smallest absolute Gasteiger partial charge is 0.224 e. The lowest BCUT2D eigenvalue weighted by molar-refractivity contribution is -0.120. The number of aromatic nitrogens is 1. The van der Waals surface area contributed by atoms with Gasteiger partial charge in [-0.15, -0.1) is 0 Å². The lowest BCUT2D eigenvalue weighted by Gasteiger charge is -2.08. The van der Waals surface area contributed by atoms with Crippen molar-refractivity contribution in [1.29, 1.82) is 0 Å². The summed E-state index contributed by atoms with van der Waals surface area (Å²) in [6, 6.07) is 9.07. The van der Waals surface area contributed by atoms with Gasteiger partial charge >= 0.3 is 0 Å². The van der Waals surface area contributed by atoms with Crippen LogP contribution < -0.4 is 5.32 Å². The summed E-state index contributed by atoms with van der Waals surface area (Å²) in [4.78, 5) is 15.9. The van der Waals surface area contributed by atoms with Crippen LogP contribution in [0.2, 0.25) is 10.0 Å². The molecule has 1 amide bonds. The van der Waals surface area contributed by atoms with Crippen molar-refractivity contribution in [2.75, 3.05) is 6.54 Å². The first kappa shape index (κ1) is 14.8. The van der Waals surface area contributed by atoms with E-state index in [1.165, 1.54) is 0 Å². The maximum atomic E-state index is 11.9. The zero-order chi connectivity index (χ0) is 14.4. The molecule has 0 fully saturated rings. The van der Waals surface area contributed by atoms with Crippen molar-refractivity contribution in [3.8, 4) is 0 Å². The molecule has 1 N–H and O–H groups in total. The van der Waals surface area contributed by atoms with E-state index in [1.807, 2.05) is 12.1 Å². The summed E-state index contributed by atoms with van der Waals surface area (Å²) in [7, 11) is 0. The van der Waals surface area contributed by atoms with Crippen LogP contribution in [0, 0.1) is 0 Å². The molecule has 0 aliphatic rings. The third kappa shape index (κ3) is 4.22. The summed E-state index contributed by atoms with van der Waals surface area (Å²) >= 11 is 12.1. The zero-order valence-corrected chi connectivity index (χ0v) is 12.3. The van der Waals surface area contributed by atoms with Gasteiger partial charge in [-0.1, -0.05) is 35.3 Å². The van der Waals surface area contributed by atoms with E-state index < -0.39 is 0 Å². The Morgan fingerprint density at radius 1 is 1.15 bits per heavy atom. The van der Waals surface area contributed by atoms with Gasteiger partial charge in [-0.3, -0.25) is 9.78 Å². The number of nitrogens with one attached hydrogen (secondary N) is 1. The first-order valence-corrected chi connectivity index (χ1v) is 7.01. The van der Waals surface area contributed by atoms with E-state index in [2.05, 4.69) is 10.3 Å². The number of hydrogen-bond acceptors (Lipinski definition) is 2. The maximum Gasteiger partial charge on any atom is 0.224 e. The molecule has 0 bridgehead atoms. The fourth-order valence-corrected chi connectivity index (χ4v) is 2.35. The number of halogens is 2. The Labute approximate surface area is 127 Å². The number of pyridine rings is 1. The summed E-state index contributed by atoms with van der Waals surface area (Å²) < 4.78 is 0. The van der Waals surface area contributed by atoms with Crippen molar-refractivity contribution in [3.05, 3.63) is 63.9 Å². The molecule has 0 spiro atoms. The van der Waals surface area contributed by atoms with E-state index in [4.69, 9.17) is 23.2 Å². The largest absolute Gasteiger partial charge is 0.355 e. The number of carbonyl (C=O) groups excluding carboxylic acids is 1. The highest BCUT2D eigenvalue weighted by Gasteiger charge is 2.10. The summed E-state index contributed by atoms with van der Waals surface area (Å²) in [5.41, 5.74) is 1.75. The van der Waals surface area contributed by atoms with Crippen LogP contribution in [0.4, 0.5) is 0 Å². The molecule has 0 aliphatic heterocycles. The van der Waals surface area contributed by atoms with Crippen molar-refractivity contribution < 1.29 is 4.79 Å². The Balaban J connectivity index is 1.84. The summed E-state index contributed by atoms with van der Waals surface area (Å²) in [6.45, 7) is 0.562. The molecule has 1 aromatic carbocycles. The molecule has 0 aliphatic carbocycles. The molecule has 1 aromatic heterocycles. The quantitative estimate of drug-likeness (QED) is 0.921. The lowest BCUT2D eigenvalue weighted by Crippen LogP contribution is -2.27. The Morgan fingerprint density at radius 3 is 2.55 bits per heavy atom. The molecule has 3 nitrogen and oxygen atoms in total. The number of amides is 1. The Hall–Kier alpha value is -1.58. The van der Waals surface area contributed by atoms with Crippen molar-refractivity contribution in [2.24, 2.45) is 0 Å². The monoisotopic (exact) mass is 308 g/mol. The topological polar surface area (TPSA) is 42.0 Å². The van der Waals surface area contributed by atoms with Crippen LogP contribution in [0.15, 0.2) is 42.7 Å². The van der Waals surface area contributed by atoms with Crippen molar-refractivity contribution in [1.82, 2.24) is 10.3 Å². The SMILES string of the molecule is O=C(Cc1c(Cl)cccc1Cl)NCCc1cccnc1. The number of nitrogens with zero attached hydrogens (tertiary/aromatic N) is 1. The van der Waals surface area contributed by atoms with E-state index in [0.29, 0.717) is 22.2 Å². The predicted molar refractivity (Wildman–Crippen MR) is 81.1 cm³/mol. The van der Waals surface area contributed by atoms with Gasteiger partial charge in [0.1, 0.15) is 0 Å². The average Bonchev–Trinajstić information content (AvgIpc) is 2.44. The molecule has 1 heterocycles. The minimum absolute atomic E-state index is 0.0936. The van der Waals surface area contributed by atoms with Crippen LogP contribution in [-0.4, -0.2) is 17.4 Å². The fraction of sp³-hybridized carbons (Fsp3) is 0.200. The molecular weight excluding hydrogens is 295 g/mol. The average molecular weight is 309 g/mol. The first-order chi connectivity index (χ1) is 9.66. The van der Waals surface area contributed by atoms with Gasteiger partial charge in [-0.2, -0.15) is 0 Å². The predicted octanol–water partition coefficient (Wildman–Crippen LogP) is 3.29. The molecule has 0 radical (unpaired) electrons. The second-order valence-electron chi connectivity index (χ2n) is 4.34. The highest BCUT2D eigenvalue weighted by atomic mass is 35.5. The molecule has 0 saturated heterocycles. The molecule has 104 valence electrons. The zero-order valence-electron chi connectivity index (χ0n) is 10.8. The van der Waals surface area contributed by atoms with Crippen molar-refractivity contribution in [3.63, 3.8) is 0 Å². The molecule has 5 heteroatoms. The summed E-state index contributed by atoms with van der Waals surface area (Å²) in [6.07, 6.45) is 4.44. The normalized spacial score (nSPS) is 10.3. The van der Waals surface area contributed by atoms with Crippen LogP contribution in [-0.2, 0) is 17.6 Å². The van der Waals surface area contributed by atoms with Crippen LogP contribution in [0.25, 0.3) is 0 Å². The van der Waals surface area contributed by atoms with Gasteiger partial charge in [0, 0.05) is 29.0 Å². The minimum atomic E-state index is -0.0936. The number of rotatable bonds is 5. The van der Waals surface area contributed by atoms with Gasteiger partial charge in [-0.25, -0.2) is 0 Å². The lowest BCUT2D eigenvalue weighted by atomic mass is 10.1. The van der Waals surface area contributed by atoms with Crippen LogP contribution in [0.3, 0.4) is 0 Å². The van der Waals surface area contributed by atoms with Gasteiger partial charge in [0.15, 0.2) is 0 Å². The van der Waals surface area contributed by atoms with Gasteiger partial charge in [-0.05, 0) is 35.7 Å². The summed E-state index contributed by atoms with van der Waals surface area (Å²) in [5, 5.41) is 3.88. The highest BCUT2D eigenvalue weighted by molar-refractivity contribution is 6.36. The fourth-order valence-electron chi connectivity index (χ4n) is 1.82. The van der Waals surface area contributed by atoms with E-state index in [1.54, 1.807) is 30.6 Å². The van der Waals surface area contributed by atoms with E-state index >= 15 is 0 Å². The van der Waals surface area contributed by atoms with Gasteiger partial charge in [0.25, 0.3) is 0 Å². The molecule has 2 aromatic rings. The first-order valence-electron chi connectivity index (χ1n) is 6.25. The molecule has 0 unspecified atom stereocenters. The molecule has 20 heavy (non-hydrogen) atoms. The van der Waals surface area contributed by atoms with Crippen LogP contribution in [0.5, 0.6) is 0 Å². The highest BCUT2D eigenvalue weighted by Crippen LogP contribution is 2.24. The van der Waals surface area contributed by atoms with E-state index in [0.717, 1.165) is 12.0 Å². The number of carbonyl (C=O) groups is 1. The Morgan fingerprint density at radius 2 is 1.90 bits per heavy atom. The molecular formula is C15H14Cl2N2O. The van der Waals surface area contributed by atoms with Gasteiger partial charge in [0.2, 0.25) is 5.91 Å². The molecule has 2 rings (SSSR count). The maximum absolute atomic E-state index is 11.9. The standard InChI is InChI=1S/C15H14Cl2N2O/c16-13-4-1-5-14(17)12(13)9-15(20)19-8-6-11-3-2-7-18-10-11/h1-5,7,10H,6,8-9H2,(H,19,20).